The smallest absolute Gasteiger partial charge is 0.337 e. The highest BCUT2D eigenvalue weighted by Gasteiger charge is 2.44. The van der Waals surface area contributed by atoms with Crippen molar-refractivity contribution in [1.82, 2.24) is 15.3 Å². The maximum Gasteiger partial charge on any atom is 0.337 e. The number of aromatic nitrogens is 3. The molecule has 2 unspecified atom stereocenters. The van der Waals surface area contributed by atoms with Gasteiger partial charge in [-0.05, 0) is 62.8 Å². The number of anilines is 1. The molecule has 212 valence electrons. The zero-order valence-corrected chi connectivity index (χ0v) is 23.9. The van der Waals surface area contributed by atoms with Gasteiger partial charge in [-0.3, -0.25) is 0 Å². The van der Waals surface area contributed by atoms with E-state index in [-0.39, 0.29) is 24.2 Å². The molecule has 1 saturated carbocycles. The van der Waals surface area contributed by atoms with Crippen molar-refractivity contribution in [3.8, 4) is 22.6 Å². The van der Waals surface area contributed by atoms with Gasteiger partial charge in [-0.2, -0.15) is 4.98 Å². The van der Waals surface area contributed by atoms with E-state index in [9.17, 15) is 4.79 Å². The highest BCUT2D eigenvalue weighted by atomic mass is 35.5. The normalized spacial score (nSPS) is 21.8. The SMILES string of the molecule is COC(=O)c1ccc(-c2noc(N3C4CCC3CC(OCc3c(-c5c(Cl)cccc5Cl)noc3C3CC3)C4)n2)cc1. The van der Waals surface area contributed by atoms with E-state index in [1.807, 2.05) is 18.2 Å². The monoisotopic (exact) mass is 594 g/mol. The van der Waals surface area contributed by atoms with Crippen LogP contribution in [0.25, 0.3) is 22.6 Å². The number of benzene rings is 2. The number of ether oxygens (including phenoxy) is 2. The maximum absolute atomic E-state index is 11.7. The van der Waals surface area contributed by atoms with E-state index in [0.717, 1.165) is 55.4 Å². The Hall–Kier alpha value is -3.40. The molecule has 2 bridgehead atoms. The molecule has 4 aromatic rings. The Morgan fingerprint density at radius 1 is 0.976 bits per heavy atom. The molecule has 41 heavy (non-hydrogen) atoms. The number of methoxy groups -OCH3 is 1. The zero-order valence-electron chi connectivity index (χ0n) is 22.4. The van der Waals surface area contributed by atoms with Crippen LogP contribution in [0, 0.1) is 0 Å². The quantitative estimate of drug-likeness (QED) is 0.198. The van der Waals surface area contributed by atoms with Crippen molar-refractivity contribution in [2.75, 3.05) is 12.0 Å². The number of nitrogens with zero attached hydrogens (tertiary/aromatic N) is 4. The largest absolute Gasteiger partial charge is 0.465 e. The summed E-state index contributed by atoms with van der Waals surface area (Å²) in [6.45, 7) is 0.391. The Bertz CT molecular complexity index is 1550. The molecule has 9 nitrogen and oxygen atoms in total. The van der Waals surface area contributed by atoms with Gasteiger partial charge in [-0.15, -0.1) is 0 Å². The van der Waals surface area contributed by atoms with Gasteiger partial charge in [-0.1, -0.05) is 51.7 Å². The van der Waals surface area contributed by atoms with E-state index in [2.05, 4.69) is 15.2 Å². The number of carbonyl (C=O) groups is 1. The third-order valence-corrected chi connectivity index (χ3v) is 8.95. The van der Waals surface area contributed by atoms with Gasteiger partial charge < -0.3 is 23.4 Å². The molecule has 1 aliphatic carbocycles. The number of piperidine rings is 1. The van der Waals surface area contributed by atoms with Crippen LogP contribution in [0.5, 0.6) is 0 Å². The summed E-state index contributed by atoms with van der Waals surface area (Å²) >= 11 is 13.1. The van der Waals surface area contributed by atoms with Gasteiger partial charge in [0.25, 0.3) is 0 Å². The molecule has 4 heterocycles. The van der Waals surface area contributed by atoms with Gasteiger partial charge >= 0.3 is 12.0 Å². The Balaban J connectivity index is 1.05. The average Bonchev–Trinajstić information content (AvgIpc) is 3.45. The van der Waals surface area contributed by atoms with Crippen molar-refractivity contribution >= 4 is 35.2 Å². The van der Waals surface area contributed by atoms with Crippen molar-refractivity contribution in [2.24, 2.45) is 0 Å². The van der Waals surface area contributed by atoms with Crippen LogP contribution < -0.4 is 4.90 Å². The highest BCUT2D eigenvalue weighted by molar-refractivity contribution is 6.39. The minimum absolute atomic E-state index is 0.0773. The fourth-order valence-corrected chi connectivity index (χ4v) is 6.71. The number of hydrogen-bond donors (Lipinski definition) is 0. The average molecular weight is 595 g/mol. The van der Waals surface area contributed by atoms with Crippen molar-refractivity contribution in [3.05, 3.63) is 69.4 Å². The Morgan fingerprint density at radius 3 is 2.34 bits per heavy atom. The fourth-order valence-electron chi connectivity index (χ4n) is 6.14. The lowest BCUT2D eigenvalue weighted by atomic mass is 9.99. The lowest BCUT2D eigenvalue weighted by Gasteiger charge is -2.37. The van der Waals surface area contributed by atoms with Gasteiger partial charge in [0.1, 0.15) is 11.5 Å². The van der Waals surface area contributed by atoms with Crippen molar-refractivity contribution < 1.29 is 23.3 Å². The van der Waals surface area contributed by atoms with Crippen LogP contribution >= 0.6 is 23.2 Å². The molecule has 2 atom stereocenters. The van der Waals surface area contributed by atoms with Gasteiger partial charge in [-0.25, -0.2) is 4.79 Å². The van der Waals surface area contributed by atoms with Crippen molar-refractivity contribution in [3.63, 3.8) is 0 Å². The second-order valence-electron chi connectivity index (χ2n) is 10.9. The summed E-state index contributed by atoms with van der Waals surface area (Å²) in [5.41, 5.74) is 3.54. The standard InChI is InChI=1S/C30H28Cl2N4O5/c1-38-29(37)18-9-7-17(8-10-18)28-33-30(41-35-28)36-19-11-12-20(36)14-21(13-19)39-15-22-26(34-40-27(22)16-5-6-16)25-23(31)3-2-4-24(25)32/h2-4,7-10,16,19-21H,5-6,11-15H2,1H3. The van der Waals surface area contributed by atoms with Gasteiger partial charge in [0, 0.05) is 34.7 Å². The molecule has 3 aliphatic rings. The van der Waals surface area contributed by atoms with E-state index in [1.54, 1.807) is 24.3 Å². The molecular formula is C30H28Cl2N4O5. The third-order valence-electron chi connectivity index (χ3n) is 8.32. The zero-order chi connectivity index (χ0) is 28.1. The fraction of sp³-hybridized carbons (Fsp3) is 0.400. The Morgan fingerprint density at radius 2 is 1.68 bits per heavy atom. The van der Waals surface area contributed by atoms with Crippen molar-refractivity contribution in [2.45, 2.75) is 69.2 Å². The predicted molar refractivity (Wildman–Crippen MR) is 152 cm³/mol. The first-order valence-corrected chi connectivity index (χ1v) is 14.6. The molecule has 2 aliphatic heterocycles. The molecule has 2 saturated heterocycles. The molecule has 11 heteroatoms. The van der Waals surface area contributed by atoms with Crippen LogP contribution in [-0.4, -0.2) is 46.6 Å². The third kappa shape index (κ3) is 5.00. The summed E-state index contributed by atoms with van der Waals surface area (Å²) in [4.78, 5) is 18.7. The highest BCUT2D eigenvalue weighted by Crippen LogP contribution is 2.47. The van der Waals surface area contributed by atoms with E-state index in [1.165, 1.54) is 7.11 Å². The van der Waals surface area contributed by atoms with E-state index in [0.29, 0.717) is 51.2 Å². The Labute approximate surface area is 246 Å². The topological polar surface area (TPSA) is 104 Å². The minimum atomic E-state index is -0.385. The summed E-state index contributed by atoms with van der Waals surface area (Å²) < 4.78 is 22.8. The molecule has 0 amide bonds. The van der Waals surface area contributed by atoms with Crippen LogP contribution in [0.15, 0.2) is 51.5 Å². The van der Waals surface area contributed by atoms with Gasteiger partial charge in [0.05, 0.1) is 35.4 Å². The molecule has 0 spiro atoms. The number of carbonyl (C=O) groups excluding carboxylic acids is 1. The summed E-state index contributed by atoms with van der Waals surface area (Å²) in [6, 6.07) is 13.4. The molecule has 0 radical (unpaired) electrons. The van der Waals surface area contributed by atoms with Crippen LogP contribution in [0.2, 0.25) is 10.0 Å². The van der Waals surface area contributed by atoms with Crippen LogP contribution in [-0.2, 0) is 16.1 Å². The second kappa shape index (κ2) is 10.8. The first-order chi connectivity index (χ1) is 20.0. The van der Waals surface area contributed by atoms with Crippen molar-refractivity contribution in [1.29, 1.82) is 0 Å². The summed E-state index contributed by atoms with van der Waals surface area (Å²) in [5, 5.41) is 9.68. The van der Waals surface area contributed by atoms with E-state index < -0.39 is 0 Å². The Kier molecular flexibility index (Phi) is 6.97. The summed E-state index contributed by atoms with van der Waals surface area (Å²) in [5.74, 6) is 1.36. The first kappa shape index (κ1) is 26.5. The molecule has 7 rings (SSSR count). The molecular weight excluding hydrogens is 567 g/mol. The summed E-state index contributed by atoms with van der Waals surface area (Å²) in [6.07, 6.45) is 6.04. The van der Waals surface area contributed by atoms with Crippen LogP contribution in [0.4, 0.5) is 6.01 Å². The number of hydrogen-bond acceptors (Lipinski definition) is 9. The van der Waals surface area contributed by atoms with Crippen LogP contribution in [0.3, 0.4) is 0 Å². The van der Waals surface area contributed by atoms with E-state index >= 15 is 0 Å². The first-order valence-electron chi connectivity index (χ1n) is 13.9. The second-order valence-corrected chi connectivity index (χ2v) is 11.7. The van der Waals surface area contributed by atoms with E-state index in [4.69, 9.17) is 46.7 Å². The molecule has 0 N–H and O–H groups in total. The van der Waals surface area contributed by atoms with Gasteiger partial charge in [0.15, 0.2) is 0 Å². The number of esters is 1. The number of fused-ring (bicyclic) bond motifs is 2. The lowest BCUT2D eigenvalue weighted by Crippen LogP contribution is -2.45. The summed E-state index contributed by atoms with van der Waals surface area (Å²) in [7, 11) is 1.36. The van der Waals surface area contributed by atoms with Gasteiger partial charge in [0.2, 0.25) is 5.82 Å². The molecule has 2 aromatic heterocycles. The molecule has 2 aromatic carbocycles. The predicted octanol–water partition coefficient (Wildman–Crippen LogP) is 7.08. The van der Waals surface area contributed by atoms with Crippen LogP contribution in [0.1, 0.15) is 66.1 Å². The lowest BCUT2D eigenvalue weighted by molar-refractivity contribution is 0.0138. The maximum atomic E-state index is 11.7. The minimum Gasteiger partial charge on any atom is -0.465 e. The number of halogens is 2. The molecule has 3 fully saturated rings. The number of rotatable bonds is 8.